The van der Waals surface area contributed by atoms with E-state index in [0.29, 0.717) is 18.0 Å². The Balaban J connectivity index is 1.80. The average Bonchev–Trinajstić information content (AvgIpc) is 2.52. The van der Waals surface area contributed by atoms with Crippen molar-refractivity contribution >= 4 is 27.7 Å². The molecule has 1 aliphatic rings. The van der Waals surface area contributed by atoms with Crippen molar-refractivity contribution < 1.29 is 9.59 Å². The molecule has 3 N–H and O–H groups in total. The molecule has 0 spiro atoms. The van der Waals surface area contributed by atoms with E-state index in [4.69, 9.17) is 5.73 Å². The molecule has 1 aromatic carbocycles. The molecule has 0 saturated carbocycles. The van der Waals surface area contributed by atoms with Gasteiger partial charge in [0.05, 0.1) is 6.54 Å². The van der Waals surface area contributed by atoms with Gasteiger partial charge in [-0.25, -0.2) is 0 Å². The lowest BCUT2D eigenvalue weighted by molar-refractivity contribution is -0.131. The number of nitrogens with two attached hydrogens (primary N) is 1. The Bertz CT molecular complexity index is 513. The molecule has 2 rings (SSSR count). The van der Waals surface area contributed by atoms with Crippen LogP contribution in [0.25, 0.3) is 0 Å². The Labute approximate surface area is 133 Å². The van der Waals surface area contributed by atoms with Gasteiger partial charge in [-0.05, 0) is 43.5 Å². The number of piperidine rings is 1. The highest BCUT2D eigenvalue weighted by Crippen LogP contribution is 2.15. The molecule has 21 heavy (non-hydrogen) atoms. The van der Waals surface area contributed by atoms with Crippen LogP contribution in [0.2, 0.25) is 0 Å². The number of likely N-dealkylation sites (tertiary alicyclic amines) is 1. The van der Waals surface area contributed by atoms with Gasteiger partial charge in [0.2, 0.25) is 5.91 Å². The number of nitrogens with zero attached hydrogens (tertiary/aromatic N) is 1. The van der Waals surface area contributed by atoms with Gasteiger partial charge < -0.3 is 16.0 Å². The van der Waals surface area contributed by atoms with Crippen molar-refractivity contribution in [2.45, 2.75) is 12.8 Å². The van der Waals surface area contributed by atoms with Gasteiger partial charge in [0.15, 0.2) is 0 Å². The van der Waals surface area contributed by atoms with Crippen LogP contribution in [0.1, 0.15) is 23.2 Å². The van der Waals surface area contributed by atoms with Crippen LogP contribution in [0.3, 0.4) is 0 Å². The molecule has 1 heterocycles. The van der Waals surface area contributed by atoms with Crippen LogP contribution in [0.5, 0.6) is 0 Å². The Morgan fingerprint density at radius 2 is 2.05 bits per heavy atom. The molecule has 0 unspecified atom stereocenters. The van der Waals surface area contributed by atoms with Gasteiger partial charge in [-0.1, -0.05) is 22.0 Å². The predicted octanol–water partition coefficient (Wildman–Crippen LogP) is 1.38. The lowest BCUT2D eigenvalue weighted by atomic mass is 9.97. The summed E-state index contributed by atoms with van der Waals surface area (Å²) in [5.41, 5.74) is 6.18. The maximum absolute atomic E-state index is 12.1. The molecule has 1 aromatic rings. The molecule has 0 aliphatic carbocycles. The zero-order valence-electron chi connectivity index (χ0n) is 11.8. The molecule has 1 aliphatic heterocycles. The first-order valence-electron chi connectivity index (χ1n) is 7.11. The smallest absolute Gasteiger partial charge is 0.251 e. The van der Waals surface area contributed by atoms with E-state index < -0.39 is 0 Å². The Kier molecular flexibility index (Phi) is 5.76. The lowest BCUT2D eigenvalue weighted by Gasteiger charge is -2.31. The largest absolute Gasteiger partial charge is 0.343 e. The van der Waals surface area contributed by atoms with Gasteiger partial charge in [0.25, 0.3) is 5.91 Å². The summed E-state index contributed by atoms with van der Waals surface area (Å²) in [6.45, 7) is 2.18. The number of carbonyl (C=O) groups is 2. The van der Waals surface area contributed by atoms with Crippen molar-refractivity contribution in [3.8, 4) is 0 Å². The molecule has 0 bridgehead atoms. The average molecular weight is 354 g/mol. The highest BCUT2D eigenvalue weighted by molar-refractivity contribution is 9.10. The summed E-state index contributed by atoms with van der Waals surface area (Å²) in [4.78, 5) is 25.8. The number of nitrogens with one attached hydrogen (secondary N) is 1. The van der Waals surface area contributed by atoms with Crippen LogP contribution in [0, 0.1) is 5.92 Å². The zero-order chi connectivity index (χ0) is 15.2. The molecule has 0 radical (unpaired) electrons. The van der Waals surface area contributed by atoms with E-state index in [1.807, 2.05) is 6.07 Å². The van der Waals surface area contributed by atoms with Gasteiger partial charge in [0, 0.05) is 23.1 Å². The summed E-state index contributed by atoms with van der Waals surface area (Å²) in [6, 6.07) is 7.09. The van der Waals surface area contributed by atoms with Gasteiger partial charge in [-0.2, -0.15) is 0 Å². The molecule has 6 heteroatoms. The van der Waals surface area contributed by atoms with Crippen LogP contribution in [0.4, 0.5) is 0 Å². The number of carbonyl (C=O) groups excluding carboxylic acids is 2. The van der Waals surface area contributed by atoms with Crippen LogP contribution >= 0.6 is 15.9 Å². The van der Waals surface area contributed by atoms with E-state index in [9.17, 15) is 9.59 Å². The maximum Gasteiger partial charge on any atom is 0.251 e. The number of halogens is 1. The molecule has 114 valence electrons. The van der Waals surface area contributed by atoms with Gasteiger partial charge in [-0.3, -0.25) is 9.59 Å². The number of benzene rings is 1. The molecule has 5 nitrogen and oxygen atoms in total. The molecule has 1 fully saturated rings. The van der Waals surface area contributed by atoms with Crippen LogP contribution < -0.4 is 11.1 Å². The molecule has 0 atom stereocenters. The van der Waals surface area contributed by atoms with Crippen molar-refractivity contribution in [2.75, 3.05) is 26.2 Å². The highest BCUT2D eigenvalue weighted by Gasteiger charge is 2.22. The second-order valence-electron chi connectivity index (χ2n) is 5.25. The summed E-state index contributed by atoms with van der Waals surface area (Å²) in [5.74, 6) is 0.251. The van der Waals surface area contributed by atoms with E-state index in [0.717, 1.165) is 30.4 Å². The van der Waals surface area contributed by atoms with Crippen molar-refractivity contribution in [1.82, 2.24) is 10.2 Å². The fraction of sp³-hybridized carbons (Fsp3) is 0.467. The first-order valence-corrected chi connectivity index (χ1v) is 7.91. The summed E-state index contributed by atoms with van der Waals surface area (Å²) in [5, 5.41) is 2.67. The topological polar surface area (TPSA) is 75.4 Å². The predicted molar refractivity (Wildman–Crippen MR) is 84.8 cm³/mol. The van der Waals surface area contributed by atoms with Gasteiger partial charge in [-0.15, -0.1) is 0 Å². The monoisotopic (exact) mass is 353 g/mol. The molecule has 0 aromatic heterocycles. The summed E-state index contributed by atoms with van der Waals surface area (Å²) in [6.07, 6.45) is 1.89. The minimum atomic E-state index is -0.235. The Morgan fingerprint density at radius 1 is 1.33 bits per heavy atom. The first kappa shape index (κ1) is 16.0. The van der Waals surface area contributed by atoms with Crippen molar-refractivity contribution in [3.63, 3.8) is 0 Å². The Morgan fingerprint density at radius 3 is 2.67 bits per heavy atom. The van der Waals surface area contributed by atoms with Crippen molar-refractivity contribution in [3.05, 3.63) is 34.3 Å². The summed E-state index contributed by atoms with van der Waals surface area (Å²) >= 11 is 3.32. The zero-order valence-corrected chi connectivity index (χ0v) is 13.4. The highest BCUT2D eigenvalue weighted by atomic mass is 79.9. The molecular formula is C15H20BrN3O2. The van der Waals surface area contributed by atoms with E-state index in [-0.39, 0.29) is 18.4 Å². The number of rotatable bonds is 4. The second kappa shape index (κ2) is 7.56. The van der Waals surface area contributed by atoms with Gasteiger partial charge in [0.1, 0.15) is 0 Å². The fourth-order valence-corrected chi connectivity index (χ4v) is 2.82. The number of amides is 2. The second-order valence-corrected chi connectivity index (χ2v) is 6.17. The third-order valence-electron chi connectivity index (χ3n) is 3.79. The number of hydrogen-bond donors (Lipinski definition) is 2. The van der Waals surface area contributed by atoms with E-state index in [1.165, 1.54) is 0 Å². The maximum atomic E-state index is 12.1. The molecular weight excluding hydrogens is 334 g/mol. The third-order valence-corrected chi connectivity index (χ3v) is 4.28. The van der Waals surface area contributed by atoms with E-state index in [1.54, 1.807) is 23.1 Å². The van der Waals surface area contributed by atoms with Gasteiger partial charge >= 0.3 is 0 Å². The van der Waals surface area contributed by atoms with Crippen molar-refractivity contribution in [2.24, 2.45) is 11.7 Å². The van der Waals surface area contributed by atoms with E-state index >= 15 is 0 Å². The normalized spacial score (nSPS) is 15.8. The van der Waals surface area contributed by atoms with E-state index in [2.05, 4.69) is 21.2 Å². The Hall–Kier alpha value is -1.40. The van der Waals surface area contributed by atoms with Crippen LogP contribution in [-0.4, -0.2) is 42.9 Å². The standard InChI is InChI=1S/C15H20BrN3O2/c16-13-3-1-2-12(8-13)15(21)18-10-14(20)19-6-4-11(9-17)5-7-19/h1-3,8,11H,4-7,9-10,17H2,(H,18,21). The van der Waals surface area contributed by atoms with Crippen LogP contribution in [0.15, 0.2) is 28.7 Å². The third kappa shape index (κ3) is 4.54. The quantitative estimate of drug-likeness (QED) is 0.858. The minimum Gasteiger partial charge on any atom is -0.343 e. The summed E-state index contributed by atoms with van der Waals surface area (Å²) in [7, 11) is 0. The number of hydrogen-bond acceptors (Lipinski definition) is 3. The molecule has 2 amide bonds. The lowest BCUT2D eigenvalue weighted by Crippen LogP contribution is -2.44. The summed E-state index contributed by atoms with van der Waals surface area (Å²) < 4.78 is 0.838. The first-order chi connectivity index (χ1) is 10.1. The van der Waals surface area contributed by atoms with Crippen molar-refractivity contribution in [1.29, 1.82) is 0 Å². The molecule has 1 saturated heterocycles. The SMILES string of the molecule is NCC1CCN(C(=O)CNC(=O)c2cccc(Br)c2)CC1. The van der Waals surface area contributed by atoms with Crippen LogP contribution in [-0.2, 0) is 4.79 Å². The minimum absolute atomic E-state index is 0.0335. The fourth-order valence-electron chi connectivity index (χ4n) is 2.42.